The van der Waals surface area contributed by atoms with Gasteiger partial charge in [-0.2, -0.15) is 0 Å². The van der Waals surface area contributed by atoms with E-state index in [9.17, 15) is 14.7 Å². The predicted octanol–water partition coefficient (Wildman–Crippen LogP) is 2.31. The third-order valence-electron chi connectivity index (χ3n) is 5.65. The number of amides is 2. The van der Waals surface area contributed by atoms with Crippen LogP contribution in [0.3, 0.4) is 0 Å². The van der Waals surface area contributed by atoms with Crippen molar-refractivity contribution in [2.45, 2.75) is 45.9 Å². The lowest BCUT2D eigenvalue weighted by Crippen LogP contribution is -2.36. The van der Waals surface area contributed by atoms with Gasteiger partial charge in [0.05, 0.1) is 12.6 Å². The molecule has 0 aromatic heterocycles. The maximum atomic E-state index is 12.2. The van der Waals surface area contributed by atoms with Crippen molar-refractivity contribution < 1.29 is 14.7 Å². The molecule has 6 nitrogen and oxygen atoms in total. The molecule has 30 heavy (non-hydrogen) atoms. The fraction of sp³-hybridized carbons (Fsp3) is 0.417. The maximum Gasteiger partial charge on any atom is 0.251 e. The third kappa shape index (κ3) is 6.40. The van der Waals surface area contributed by atoms with Crippen LogP contribution in [0.1, 0.15) is 45.5 Å². The van der Waals surface area contributed by atoms with Crippen molar-refractivity contribution >= 4 is 11.8 Å². The highest BCUT2D eigenvalue weighted by Crippen LogP contribution is 2.14. The number of carbonyl (C=O) groups excluding carboxylic acids is 2. The van der Waals surface area contributed by atoms with Gasteiger partial charge in [0.2, 0.25) is 5.91 Å². The number of carbonyl (C=O) groups is 2. The summed E-state index contributed by atoms with van der Waals surface area (Å²) < 4.78 is 0. The molecule has 1 fully saturated rings. The molecule has 3 N–H and O–H groups in total. The molecule has 3 rings (SSSR count). The van der Waals surface area contributed by atoms with E-state index in [1.54, 1.807) is 6.07 Å². The summed E-state index contributed by atoms with van der Waals surface area (Å²) in [4.78, 5) is 26.6. The average molecular weight is 410 g/mol. The van der Waals surface area contributed by atoms with Gasteiger partial charge < -0.3 is 15.7 Å². The fourth-order valence-electron chi connectivity index (χ4n) is 3.51. The number of hydrogen-bond donors (Lipinski definition) is 3. The minimum Gasteiger partial charge on any atom is -0.393 e. The van der Waals surface area contributed by atoms with Crippen molar-refractivity contribution in [1.29, 1.82) is 0 Å². The molecule has 0 saturated carbocycles. The molecule has 0 radical (unpaired) electrons. The van der Waals surface area contributed by atoms with Gasteiger partial charge in [-0.25, -0.2) is 0 Å². The molecule has 1 saturated heterocycles. The van der Waals surface area contributed by atoms with E-state index in [1.165, 1.54) is 5.56 Å². The Hall–Kier alpha value is -2.70. The van der Waals surface area contributed by atoms with Crippen molar-refractivity contribution in [2.24, 2.45) is 0 Å². The van der Waals surface area contributed by atoms with E-state index in [0.717, 1.165) is 49.2 Å². The second-order valence-electron chi connectivity index (χ2n) is 8.08. The predicted molar refractivity (Wildman–Crippen MR) is 117 cm³/mol. The van der Waals surface area contributed by atoms with Gasteiger partial charge in [0.15, 0.2) is 0 Å². The van der Waals surface area contributed by atoms with Crippen LogP contribution in [0.2, 0.25) is 0 Å². The summed E-state index contributed by atoms with van der Waals surface area (Å²) in [6.07, 6.45) is 1.52. The van der Waals surface area contributed by atoms with E-state index in [0.29, 0.717) is 12.1 Å². The van der Waals surface area contributed by atoms with Crippen molar-refractivity contribution in [3.63, 3.8) is 0 Å². The normalized spacial score (nSPS) is 15.0. The number of likely N-dealkylation sites (tertiary alicyclic amines) is 1. The van der Waals surface area contributed by atoms with Crippen molar-refractivity contribution in [3.8, 4) is 0 Å². The van der Waals surface area contributed by atoms with Crippen LogP contribution in [0.25, 0.3) is 0 Å². The van der Waals surface area contributed by atoms with Crippen molar-refractivity contribution in [1.82, 2.24) is 15.5 Å². The van der Waals surface area contributed by atoms with Gasteiger partial charge in [-0.3, -0.25) is 14.5 Å². The van der Waals surface area contributed by atoms with Crippen LogP contribution >= 0.6 is 0 Å². The Kier molecular flexibility index (Phi) is 7.60. The van der Waals surface area contributed by atoms with Crippen LogP contribution in [0.5, 0.6) is 0 Å². The molecule has 6 heteroatoms. The molecular formula is C24H31N3O3. The van der Waals surface area contributed by atoms with Gasteiger partial charge in [0.25, 0.3) is 5.91 Å². The quantitative estimate of drug-likeness (QED) is 0.656. The first-order valence-electron chi connectivity index (χ1n) is 10.5. The monoisotopic (exact) mass is 409 g/mol. The summed E-state index contributed by atoms with van der Waals surface area (Å²) in [7, 11) is 0. The molecule has 160 valence electrons. The summed E-state index contributed by atoms with van der Waals surface area (Å²) in [6.45, 7) is 7.06. The molecule has 2 amide bonds. The SMILES string of the molecule is Cc1ccc(C(=O)NCC(=O)NCc2ccc(CN3CCC(O)CC3)cc2)cc1C. The van der Waals surface area contributed by atoms with Gasteiger partial charge >= 0.3 is 0 Å². The second-order valence-corrected chi connectivity index (χ2v) is 8.08. The van der Waals surface area contributed by atoms with E-state index >= 15 is 0 Å². The molecule has 2 aromatic carbocycles. The molecule has 1 aliphatic rings. The van der Waals surface area contributed by atoms with Crippen LogP contribution < -0.4 is 10.6 Å². The molecule has 0 spiro atoms. The number of aliphatic hydroxyl groups is 1. The van der Waals surface area contributed by atoms with Crippen LogP contribution in [-0.4, -0.2) is 47.6 Å². The summed E-state index contributed by atoms with van der Waals surface area (Å²) in [5.74, 6) is -0.467. The van der Waals surface area contributed by atoms with Crippen LogP contribution in [-0.2, 0) is 17.9 Å². The summed E-state index contributed by atoms with van der Waals surface area (Å²) >= 11 is 0. The number of piperidine rings is 1. The van der Waals surface area contributed by atoms with Gasteiger partial charge in [-0.05, 0) is 61.1 Å². The molecule has 0 bridgehead atoms. The summed E-state index contributed by atoms with van der Waals surface area (Å²) in [5, 5.41) is 15.1. The highest BCUT2D eigenvalue weighted by molar-refractivity contribution is 5.96. The van der Waals surface area contributed by atoms with Gasteiger partial charge in [0.1, 0.15) is 0 Å². The molecule has 1 heterocycles. The average Bonchev–Trinajstić information content (AvgIpc) is 2.75. The zero-order valence-electron chi connectivity index (χ0n) is 17.8. The molecule has 0 unspecified atom stereocenters. The topological polar surface area (TPSA) is 81.7 Å². The number of hydrogen-bond acceptors (Lipinski definition) is 4. The lowest BCUT2D eigenvalue weighted by atomic mass is 10.1. The van der Waals surface area contributed by atoms with E-state index in [-0.39, 0.29) is 24.5 Å². The minimum absolute atomic E-state index is 0.0509. The highest BCUT2D eigenvalue weighted by Gasteiger charge is 2.16. The Bertz CT molecular complexity index is 872. The molecule has 0 atom stereocenters. The molecular weight excluding hydrogens is 378 g/mol. The van der Waals surface area contributed by atoms with E-state index < -0.39 is 0 Å². The number of rotatable bonds is 7. The Morgan fingerprint density at radius 3 is 2.30 bits per heavy atom. The number of nitrogens with zero attached hydrogens (tertiary/aromatic N) is 1. The van der Waals surface area contributed by atoms with Crippen molar-refractivity contribution in [3.05, 3.63) is 70.3 Å². The Labute approximate surface area is 178 Å². The Morgan fingerprint density at radius 2 is 1.63 bits per heavy atom. The van der Waals surface area contributed by atoms with Gasteiger partial charge in [-0.15, -0.1) is 0 Å². The molecule has 1 aliphatic heterocycles. The van der Waals surface area contributed by atoms with Crippen LogP contribution in [0.4, 0.5) is 0 Å². The van der Waals surface area contributed by atoms with Crippen LogP contribution in [0.15, 0.2) is 42.5 Å². The van der Waals surface area contributed by atoms with E-state index in [1.807, 2.05) is 38.1 Å². The third-order valence-corrected chi connectivity index (χ3v) is 5.65. The van der Waals surface area contributed by atoms with Crippen LogP contribution in [0, 0.1) is 13.8 Å². The minimum atomic E-state index is -0.247. The molecule has 0 aliphatic carbocycles. The zero-order valence-corrected chi connectivity index (χ0v) is 17.8. The largest absolute Gasteiger partial charge is 0.393 e. The standard InChI is InChI=1S/C24H31N3O3/c1-17-3-8-21(13-18(17)2)24(30)26-15-23(29)25-14-19-4-6-20(7-5-19)16-27-11-9-22(28)10-12-27/h3-8,13,22,28H,9-12,14-16H2,1-2H3,(H,25,29)(H,26,30). The van der Waals surface area contributed by atoms with Gasteiger partial charge in [0, 0.05) is 31.7 Å². The van der Waals surface area contributed by atoms with Crippen molar-refractivity contribution in [2.75, 3.05) is 19.6 Å². The lowest BCUT2D eigenvalue weighted by Gasteiger charge is -2.29. The zero-order chi connectivity index (χ0) is 21.5. The van der Waals surface area contributed by atoms with E-state index in [2.05, 4.69) is 27.7 Å². The number of aliphatic hydroxyl groups excluding tert-OH is 1. The summed E-state index contributed by atoms with van der Waals surface area (Å²) in [6, 6.07) is 13.7. The maximum absolute atomic E-state index is 12.2. The Balaban J connectivity index is 1.40. The second kappa shape index (κ2) is 10.4. The van der Waals surface area contributed by atoms with Gasteiger partial charge in [-0.1, -0.05) is 30.3 Å². The fourth-order valence-corrected chi connectivity index (χ4v) is 3.51. The Morgan fingerprint density at radius 1 is 0.967 bits per heavy atom. The number of benzene rings is 2. The lowest BCUT2D eigenvalue weighted by molar-refractivity contribution is -0.120. The number of nitrogens with one attached hydrogen (secondary N) is 2. The highest BCUT2D eigenvalue weighted by atomic mass is 16.3. The first-order chi connectivity index (χ1) is 14.4. The first kappa shape index (κ1) is 22.0. The number of aryl methyl sites for hydroxylation is 2. The van der Waals surface area contributed by atoms with E-state index in [4.69, 9.17) is 0 Å². The smallest absolute Gasteiger partial charge is 0.251 e. The summed E-state index contributed by atoms with van der Waals surface area (Å²) in [5.41, 5.74) is 4.98. The molecule has 2 aromatic rings. The first-order valence-corrected chi connectivity index (χ1v) is 10.5.